The molecule has 0 bridgehead atoms. The molecule has 4 nitrogen and oxygen atoms in total. The molecule has 0 atom stereocenters. The first-order valence-electron chi connectivity index (χ1n) is 6.59. The van der Waals surface area contributed by atoms with Crippen LogP contribution in [0, 0.1) is 0 Å². The van der Waals surface area contributed by atoms with E-state index in [9.17, 15) is 0 Å². The van der Waals surface area contributed by atoms with Gasteiger partial charge in [0.05, 0.1) is 12.8 Å². The zero-order valence-electron chi connectivity index (χ0n) is 11.4. The average molecular weight is 267 g/mol. The van der Waals surface area contributed by atoms with E-state index in [0.717, 1.165) is 34.8 Å². The second kappa shape index (κ2) is 5.35. The number of fused-ring (bicyclic) bond motifs is 1. The maximum atomic E-state index is 5.75. The Balaban J connectivity index is 1.99. The largest absolute Gasteiger partial charge is 0.496 e. The van der Waals surface area contributed by atoms with Crippen molar-refractivity contribution in [2.75, 3.05) is 7.11 Å². The lowest BCUT2D eigenvalue weighted by atomic mass is 10.1. The molecule has 0 saturated heterocycles. The number of pyridine rings is 1. The fraction of sp³-hybridized carbons (Fsp3) is 0.188. The highest BCUT2D eigenvalue weighted by molar-refractivity contribution is 5.44. The molecule has 2 aromatic heterocycles. The van der Waals surface area contributed by atoms with Crippen LogP contribution in [0.2, 0.25) is 0 Å². The van der Waals surface area contributed by atoms with Crippen LogP contribution in [0.5, 0.6) is 5.75 Å². The van der Waals surface area contributed by atoms with Crippen LogP contribution >= 0.6 is 0 Å². The van der Waals surface area contributed by atoms with Crippen LogP contribution in [0.25, 0.3) is 5.65 Å². The van der Waals surface area contributed by atoms with Crippen LogP contribution in [0.4, 0.5) is 0 Å². The van der Waals surface area contributed by atoms with Crippen LogP contribution in [-0.4, -0.2) is 16.5 Å². The van der Waals surface area contributed by atoms with E-state index in [0.29, 0.717) is 6.54 Å². The third-order valence-corrected chi connectivity index (χ3v) is 3.40. The third-order valence-electron chi connectivity index (χ3n) is 3.40. The second-order valence-corrected chi connectivity index (χ2v) is 4.67. The summed E-state index contributed by atoms with van der Waals surface area (Å²) in [5, 5.41) is 0. The molecule has 0 spiro atoms. The van der Waals surface area contributed by atoms with Crippen molar-refractivity contribution in [1.82, 2.24) is 9.38 Å². The Kier molecular flexibility index (Phi) is 3.39. The molecular formula is C16H17N3O. The predicted molar refractivity (Wildman–Crippen MR) is 78.9 cm³/mol. The summed E-state index contributed by atoms with van der Waals surface area (Å²) >= 11 is 0. The molecule has 2 heterocycles. The van der Waals surface area contributed by atoms with Gasteiger partial charge in [0.2, 0.25) is 0 Å². The minimum atomic E-state index is 0.502. The summed E-state index contributed by atoms with van der Waals surface area (Å²) in [5.41, 5.74) is 9.88. The van der Waals surface area contributed by atoms with Crippen molar-refractivity contribution in [3.05, 3.63) is 65.6 Å². The fourth-order valence-corrected chi connectivity index (χ4v) is 2.41. The minimum Gasteiger partial charge on any atom is -0.496 e. The van der Waals surface area contributed by atoms with Gasteiger partial charge in [-0.2, -0.15) is 0 Å². The summed E-state index contributed by atoms with van der Waals surface area (Å²) in [6, 6.07) is 14.0. The standard InChI is InChI=1S/C16H17N3O/c1-20-15-7-3-2-5-12(15)9-13-11-19-14(10-17)6-4-8-16(19)18-13/h2-8,11H,9-10,17H2,1H3. The molecule has 20 heavy (non-hydrogen) atoms. The zero-order valence-corrected chi connectivity index (χ0v) is 11.4. The van der Waals surface area contributed by atoms with Gasteiger partial charge in [-0.1, -0.05) is 24.3 Å². The van der Waals surface area contributed by atoms with Gasteiger partial charge in [-0.05, 0) is 18.2 Å². The molecule has 102 valence electrons. The van der Waals surface area contributed by atoms with E-state index >= 15 is 0 Å². The molecule has 0 aliphatic rings. The topological polar surface area (TPSA) is 52.5 Å². The lowest BCUT2D eigenvalue weighted by molar-refractivity contribution is 0.410. The van der Waals surface area contributed by atoms with Crippen LogP contribution in [-0.2, 0) is 13.0 Å². The highest BCUT2D eigenvalue weighted by Gasteiger charge is 2.08. The Bertz CT molecular complexity index is 733. The molecule has 0 aliphatic heterocycles. The molecule has 0 amide bonds. The van der Waals surface area contributed by atoms with Crippen molar-refractivity contribution in [3.8, 4) is 5.75 Å². The van der Waals surface area contributed by atoms with Crippen molar-refractivity contribution in [1.29, 1.82) is 0 Å². The third kappa shape index (κ3) is 2.26. The molecule has 2 N–H and O–H groups in total. The average Bonchev–Trinajstić information content (AvgIpc) is 2.90. The zero-order chi connectivity index (χ0) is 13.9. The highest BCUT2D eigenvalue weighted by Crippen LogP contribution is 2.21. The summed E-state index contributed by atoms with van der Waals surface area (Å²) < 4.78 is 7.43. The lowest BCUT2D eigenvalue weighted by Crippen LogP contribution is -2.02. The number of nitrogens with zero attached hydrogens (tertiary/aromatic N) is 2. The van der Waals surface area contributed by atoms with Crippen molar-refractivity contribution < 1.29 is 4.74 Å². The van der Waals surface area contributed by atoms with Gasteiger partial charge < -0.3 is 14.9 Å². The van der Waals surface area contributed by atoms with Crippen LogP contribution in [0.15, 0.2) is 48.7 Å². The van der Waals surface area contributed by atoms with E-state index in [1.54, 1.807) is 7.11 Å². The number of methoxy groups -OCH3 is 1. The van der Waals surface area contributed by atoms with Gasteiger partial charge in [0, 0.05) is 30.4 Å². The first-order chi connectivity index (χ1) is 9.81. The number of rotatable bonds is 4. The first-order valence-corrected chi connectivity index (χ1v) is 6.59. The Hall–Kier alpha value is -2.33. The van der Waals surface area contributed by atoms with Gasteiger partial charge >= 0.3 is 0 Å². The van der Waals surface area contributed by atoms with Crippen molar-refractivity contribution >= 4 is 5.65 Å². The molecule has 3 aromatic rings. The number of hydrogen-bond donors (Lipinski definition) is 1. The quantitative estimate of drug-likeness (QED) is 0.789. The van der Waals surface area contributed by atoms with Gasteiger partial charge in [-0.25, -0.2) is 4.98 Å². The van der Waals surface area contributed by atoms with Gasteiger partial charge in [0.25, 0.3) is 0 Å². The van der Waals surface area contributed by atoms with E-state index in [-0.39, 0.29) is 0 Å². The molecule has 0 unspecified atom stereocenters. The molecule has 0 aliphatic carbocycles. The van der Waals surface area contributed by atoms with Crippen molar-refractivity contribution in [3.63, 3.8) is 0 Å². The number of imidazole rings is 1. The van der Waals surface area contributed by atoms with Crippen LogP contribution in [0.3, 0.4) is 0 Å². The molecule has 0 fully saturated rings. The lowest BCUT2D eigenvalue weighted by Gasteiger charge is -2.05. The molecule has 1 aromatic carbocycles. The Morgan fingerprint density at radius 2 is 2.00 bits per heavy atom. The summed E-state index contributed by atoms with van der Waals surface area (Å²) in [5.74, 6) is 0.892. The fourth-order valence-electron chi connectivity index (χ4n) is 2.41. The van der Waals surface area contributed by atoms with Crippen molar-refractivity contribution in [2.24, 2.45) is 5.73 Å². The molecule has 0 saturated carbocycles. The van der Waals surface area contributed by atoms with Gasteiger partial charge in [0.1, 0.15) is 11.4 Å². The Morgan fingerprint density at radius 1 is 1.15 bits per heavy atom. The second-order valence-electron chi connectivity index (χ2n) is 4.67. The van der Waals surface area contributed by atoms with Crippen LogP contribution < -0.4 is 10.5 Å². The first kappa shape index (κ1) is 12.7. The minimum absolute atomic E-state index is 0.502. The molecular weight excluding hydrogens is 250 g/mol. The van der Waals surface area contributed by atoms with Crippen molar-refractivity contribution in [2.45, 2.75) is 13.0 Å². The highest BCUT2D eigenvalue weighted by atomic mass is 16.5. The monoisotopic (exact) mass is 267 g/mol. The number of benzene rings is 1. The normalized spacial score (nSPS) is 10.9. The van der Waals surface area contributed by atoms with E-state index in [2.05, 4.69) is 11.1 Å². The number of ether oxygens (including phenoxy) is 1. The summed E-state index contributed by atoms with van der Waals surface area (Å²) in [4.78, 5) is 4.64. The van der Waals surface area contributed by atoms with Gasteiger partial charge in [-0.15, -0.1) is 0 Å². The summed E-state index contributed by atoms with van der Waals surface area (Å²) in [6.45, 7) is 0.502. The molecule has 4 heteroatoms. The molecule has 3 rings (SSSR count). The summed E-state index contributed by atoms with van der Waals surface area (Å²) in [6.07, 6.45) is 2.79. The van der Waals surface area contributed by atoms with E-state index in [1.165, 1.54) is 0 Å². The molecule has 0 radical (unpaired) electrons. The number of aromatic nitrogens is 2. The summed E-state index contributed by atoms with van der Waals surface area (Å²) in [7, 11) is 1.69. The maximum absolute atomic E-state index is 5.75. The Labute approximate surface area is 117 Å². The van der Waals surface area contributed by atoms with Gasteiger partial charge in [-0.3, -0.25) is 0 Å². The maximum Gasteiger partial charge on any atom is 0.137 e. The smallest absolute Gasteiger partial charge is 0.137 e. The van der Waals surface area contributed by atoms with E-state index < -0.39 is 0 Å². The van der Waals surface area contributed by atoms with E-state index in [4.69, 9.17) is 10.5 Å². The van der Waals surface area contributed by atoms with Crippen LogP contribution in [0.1, 0.15) is 17.0 Å². The van der Waals surface area contributed by atoms with Gasteiger partial charge in [0.15, 0.2) is 0 Å². The predicted octanol–water partition coefficient (Wildman–Crippen LogP) is 2.39. The van der Waals surface area contributed by atoms with E-state index in [1.807, 2.05) is 47.0 Å². The SMILES string of the molecule is COc1ccccc1Cc1cn2c(CN)cccc2n1. The number of nitrogens with two attached hydrogens (primary N) is 1. The number of hydrogen-bond acceptors (Lipinski definition) is 3. The number of para-hydroxylation sites is 1. The Morgan fingerprint density at radius 3 is 2.80 bits per heavy atom.